The van der Waals surface area contributed by atoms with Gasteiger partial charge in [0.25, 0.3) is 5.65 Å². The Morgan fingerprint density at radius 3 is 2.44 bits per heavy atom. The first kappa shape index (κ1) is 15.1. The monoisotopic (exact) mass is 353 g/mol. The van der Waals surface area contributed by atoms with E-state index in [1.54, 1.807) is 12.4 Å². The summed E-state index contributed by atoms with van der Waals surface area (Å²) in [5.41, 5.74) is 5.43. The van der Waals surface area contributed by atoms with Gasteiger partial charge in [0, 0.05) is 10.8 Å². The lowest BCUT2D eigenvalue weighted by Crippen LogP contribution is -2.64. The maximum absolute atomic E-state index is 4.77. The van der Waals surface area contributed by atoms with E-state index in [2.05, 4.69) is 79.1 Å². The highest BCUT2D eigenvalue weighted by atomic mass is 15.2. The molecule has 4 nitrogen and oxygen atoms in total. The molecule has 0 unspecified atom stereocenters. The molecular weight excluding hydrogens is 332 g/mol. The molecule has 0 atom stereocenters. The van der Waals surface area contributed by atoms with Crippen LogP contribution in [0.2, 0.25) is 0 Å². The number of nitrogens with zero attached hydrogens (tertiary/aromatic N) is 4. The first-order chi connectivity index (χ1) is 12.9. The third kappa shape index (κ3) is 1.51. The summed E-state index contributed by atoms with van der Waals surface area (Å²) in [6.07, 6.45) is 3.59. The summed E-state index contributed by atoms with van der Waals surface area (Å²) >= 11 is 0. The highest BCUT2D eigenvalue weighted by Gasteiger charge is 2.50. The summed E-state index contributed by atoms with van der Waals surface area (Å²) in [6.45, 7) is 9.33. The Morgan fingerprint density at radius 1 is 0.852 bits per heavy atom. The van der Waals surface area contributed by atoms with Crippen molar-refractivity contribution in [2.75, 3.05) is 0 Å². The molecule has 4 heterocycles. The van der Waals surface area contributed by atoms with Crippen molar-refractivity contribution in [2.45, 2.75) is 38.6 Å². The number of rotatable bonds is 0. The van der Waals surface area contributed by atoms with Gasteiger partial charge in [0.1, 0.15) is 11.7 Å². The molecule has 0 bridgehead atoms. The highest BCUT2D eigenvalue weighted by molar-refractivity contribution is 6.14. The lowest BCUT2D eigenvalue weighted by Gasteiger charge is -2.43. The van der Waals surface area contributed by atoms with Crippen LogP contribution in [0.5, 0.6) is 0 Å². The van der Waals surface area contributed by atoms with Crippen LogP contribution in [0.1, 0.15) is 33.3 Å². The number of hydrogen-bond donors (Lipinski definition) is 0. The predicted molar refractivity (Wildman–Crippen MR) is 108 cm³/mol. The van der Waals surface area contributed by atoms with Gasteiger partial charge in [-0.25, -0.2) is 14.0 Å². The van der Waals surface area contributed by atoms with E-state index < -0.39 is 0 Å². The Bertz CT molecular complexity index is 1420. The summed E-state index contributed by atoms with van der Waals surface area (Å²) in [5.74, 6) is 0. The molecule has 1 aliphatic heterocycles. The van der Waals surface area contributed by atoms with Gasteiger partial charge in [-0.1, -0.05) is 50.2 Å². The van der Waals surface area contributed by atoms with Crippen LogP contribution in [-0.2, 0) is 11.0 Å². The van der Waals surface area contributed by atoms with E-state index in [1.807, 2.05) is 0 Å². The van der Waals surface area contributed by atoms with Gasteiger partial charge in [0.2, 0.25) is 5.65 Å². The SMILES string of the molecule is CC1(C)c2cccc3c4ccccc4n4c5nccnc5[n+](c4c23)C1(C)C. The van der Waals surface area contributed by atoms with Gasteiger partial charge in [-0.15, -0.1) is 4.98 Å². The molecule has 0 fully saturated rings. The van der Waals surface area contributed by atoms with E-state index in [4.69, 9.17) is 9.97 Å². The third-order valence-corrected chi connectivity index (χ3v) is 6.99. The Labute approximate surface area is 157 Å². The minimum Gasteiger partial charge on any atom is -0.218 e. The number of para-hydroxylation sites is 1. The van der Waals surface area contributed by atoms with E-state index >= 15 is 0 Å². The minimum absolute atomic E-state index is 0.0566. The fourth-order valence-corrected chi connectivity index (χ4v) is 4.96. The van der Waals surface area contributed by atoms with Gasteiger partial charge < -0.3 is 0 Å². The molecule has 1 aliphatic rings. The van der Waals surface area contributed by atoms with Crippen molar-refractivity contribution in [2.24, 2.45) is 0 Å². The molecule has 6 rings (SSSR count). The van der Waals surface area contributed by atoms with E-state index in [9.17, 15) is 0 Å². The van der Waals surface area contributed by atoms with Gasteiger partial charge in [-0.3, -0.25) is 0 Å². The van der Waals surface area contributed by atoms with Crippen LogP contribution in [0.4, 0.5) is 0 Å². The molecule has 2 aromatic carbocycles. The van der Waals surface area contributed by atoms with Crippen molar-refractivity contribution in [1.82, 2.24) is 14.4 Å². The number of benzene rings is 2. The van der Waals surface area contributed by atoms with Crippen LogP contribution in [-0.4, -0.2) is 14.4 Å². The summed E-state index contributed by atoms with van der Waals surface area (Å²) in [5, 5.41) is 3.88. The molecule has 0 aliphatic carbocycles. The Balaban J connectivity index is 2.12. The zero-order valence-electron chi connectivity index (χ0n) is 16.0. The summed E-state index contributed by atoms with van der Waals surface area (Å²) in [6, 6.07) is 15.4. The summed E-state index contributed by atoms with van der Waals surface area (Å²) in [4.78, 5) is 9.52. The molecule has 0 saturated carbocycles. The summed E-state index contributed by atoms with van der Waals surface area (Å²) in [7, 11) is 0. The van der Waals surface area contributed by atoms with Crippen molar-refractivity contribution < 1.29 is 4.57 Å². The van der Waals surface area contributed by atoms with Gasteiger partial charge in [0.05, 0.1) is 17.1 Å². The average molecular weight is 353 g/mol. The predicted octanol–water partition coefficient (Wildman–Crippen LogP) is 4.50. The van der Waals surface area contributed by atoms with E-state index in [-0.39, 0.29) is 11.0 Å². The Hall–Kier alpha value is -3.01. The molecule has 0 amide bonds. The van der Waals surface area contributed by atoms with E-state index in [0.29, 0.717) is 0 Å². The van der Waals surface area contributed by atoms with Crippen molar-refractivity contribution >= 4 is 38.6 Å². The molecule has 0 radical (unpaired) electrons. The number of aromatic nitrogens is 4. The Kier molecular flexibility index (Phi) is 2.49. The average Bonchev–Trinajstić information content (AvgIpc) is 3.03. The topological polar surface area (TPSA) is 34.1 Å². The zero-order valence-corrected chi connectivity index (χ0v) is 16.0. The fraction of sp³-hybridized carbons (Fsp3) is 0.261. The normalized spacial score (nSPS) is 17.5. The van der Waals surface area contributed by atoms with Crippen LogP contribution in [0.3, 0.4) is 0 Å². The van der Waals surface area contributed by atoms with Crippen molar-refractivity contribution in [1.29, 1.82) is 0 Å². The molecular formula is C23H21N4+. The maximum Gasteiger partial charge on any atom is 0.323 e. The largest absolute Gasteiger partial charge is 0.323 e. The van der Waals surface area contributed by atoms with Gasteiger partial charge >= 0.3 is 5.65 Å². The van der Waals surface area contributed by atoms with Crippen molar-refractivity contribution in [3.05, 3.63) is 60.4 Å². The number of hydrogen-bond acceptors (Lipinski definition) is 2. The van der Waals surface area contributed by atoms with E-state index in [1.165, 1.54) is 32.9 Å². The molecule has 132 valence electrons. The first-order valence-corrected chi connectivity index (χ1v) is 9.46. The third-order valence-electron chi connectivity index (χ3n) is 6.99. The second-order valence-electron chi connectivity index (χ2n) is 8.63. The molecule has 0 saturated heterocycles. The molecule has 0 spiro atoms. The van der Waals surface area contributed by atoms with Crippen LogP contribution in [0, 0.1) is 0 Å². The molecule has 4 heteroatoms. The molecule has 27 heavy (non-hydrogen) atoms. The van der Waals surface area contributed by atoms with Crippen molar-refractivity contribution in [3.63, 3.8) is 0 Å². The smallest absolute Gasteiger partial charge is 0.218 e. The van der Waals surface area contributed by atoms with Crippen LogP contribution < -0.4 is 4.57 Å². The van der Waals surface area contributed by atoms with Crippen molar-refractivity contribution in [3.8, 4) is 0 Å². The second kappa shape index (κ2) is 4.45. The van der Waals surface area contributed by atoms with Crippen LogP contribution in [0.15, 0.2) is 54.9 Å². The number of fused-ring (bicyclic) bond motifs is 6. The lowest BCUT2D eigenvalue weighted by molar-refractivity contribution is -0.724. The minimum atomic E-state index is -0.153. The summed E-state index contributed by atoms with van der Waals surface area (Å²) < 4.78 is 4.72. The fourth-order valence-electron chi connectivity index (χ4n) is 4.96. The zero-order chi connectivity index (χ0) is 18.6. The van der Waals surface area contributed by atoms with Gasteiger partial charge in [0.15, 0.2) is 0 Å². The van der Waals surface area contributed by atoms with Gasteiger partial charge in [-0.05, 0) is 30.9 Å². The Morgan fingerprint density at radius 2 is 1.59 bits per heavy atom. The molecule has 0 N–H and O–H groups in total. The molecule has 5 aromatic rings. The van der Waals surface area contributed by atoms with Crippen LogP contribution >= 0.6 is 0 Å². The quantitative estimate of drug-likeness (QED) is 0.303. The van der Waals surface area contributed by atoms with E-state index in [0.717, 1.165) is 11.3 Å². The van der Waals surface area contributed by atoms with Gasteiger partial charge in [-0.2, -0.15) is 0 Å². The van der Waals surface area contributed by atoms with Crippen LogP contribution in [0.25, 0.3) is 38.6 Å². The second-order valence-corrected chi connectivity index (χ2v) is 8.63. The number of pyridine rings is 1. The maximum atomic E-state index is 4.77. The lowest BCUT2D eigenvalue weighted by atomic mass is 9.66. The first-order valence-electron chi connectivity index (χ1n) is 9.46. The number of imidazole rings is 1. The molecule has 3 aromatic heterocycles. The standard InChI is InChI=1S/C23H21N4/c1-22(2)16-10-7-9-15-14-8-5-6-11-17(14)26-19-20(25-13-12-24-19)27(23(22,3)4)21(26)18(15)16/h5-13H,1-4H3/q+1. The highest BCUT2D eigenvalue weighted by Crippen LogP contribution is 2.47.